The minimum absolute atomic E-state index is 0.105. The zero-order valence-corrected chi connectivity index (χ0v) is 15.3. The van der Waals surface area contributed by atoms with Crippen LogP contribution in [0.4, 0.5) is 4.39 Å². The van der Waals surface area contributed by atoms with Crippen LogP contribution in [0.3, 0.4) is 0 Å². The summed E-state index contributed by atoms with van der Waals surface area (Å²) in [6.07, 6.45) is 6.79. The van der Waals surface area contributed by atoms with Gasteiger partial charge in [0.2, 0.25) is 11.8 Å². The van der Waals surface area contributed by atoms with Gasteiger partial charge in [-0.05, 0) is 38.2 Å². The van der Waals surface area contributed by atoms with Crippen molar-refractivity contribution in [3.05, 3.63) is 35.6 Å². The highest BCUT2D eigenvalue weighted by molar-refractivity contribution is 5.86. The van der Waals surface area contributed by atoms with Gasteiger partial charge in [-0.3, -0.25) is 9.59 Å². The highest BCUT2D eigenvalue weighted by atomic mass is 19.1. The van der Waals surface area contributed by atoms with E-state index in [1.54, 1.807) is 23.1 Å². The molecule has 1 spiro atoms. The van der Waals surface area contributed by atoms with Gasteiger partial charge in [-0.2, -0.15) is 0 Å². The van der Waals surface area contributed by atoms with Gasteiger partial charge in [-0.25, -0.2) is 4.39 Å². The number of likely N-dealkylation sites (tertiary alicyclic amines) is 2. The Hall–Kier alpha value is -1.91. The van der Waals surface area contributed by atoms with E-state index in [1.165, 1.54) is 6.07 Å². The van der Waals surface area contributed by atoms with Gasteiger partial charge < -0.3 is 9.80 Å². The predicted octanol–water partition coefficient (Wildman–Crippen LogP) is 3.36. The van der Waals surface area contributed by atoms with E-state index in [-0.39, 0.29) is 23.5 Å². The Morgan fingerprint density at radius 2 is 1.88 bits per heavy atom. The van der Waals surface area contributed by atoms with Crippen LogP contribution < -0.4 is 0 Å². The van der Waals surface area contributed by atoms with Crippen molar-refractivity contribution in [3.63, 3.8) is 0 Å². The Labute approximate surface area is 154 Å². The van der Waals surface area contributed by atoms with Crippen molar-refractivity contribution in [3.8, 4) is 0 Å². The van der Waals surface area contributed by atoms with Crippen LogP contribution in [-0.2, 0) is 16.1 Å². The smallest absolute Gasteiger partial charge is 0.230 e. The number of rotatable bonds is 3. The third kappa shape index (κ3) is 3.12. The summed E-state index contributed by atoms with van der Waals surface area (Å²) in [4.78, 5) is 29.7. The fourth-order valence-electron chi connectivity index (χ4n) is 5.01. The number of carbonyl (C=O) groups excluding carboxylic acids is 2. The van der Waals surface area contributed by atoms with Gasteiger partial charge in [0.05, 0.1) is 5.41 Å². The van der Waals surface area contributed by atoms with Crippen molar-refractivity contribution in [2.24, 2.45) is 11.3 Å². The third-order valence-corrected chi connectivity index (χ3v) is 6.51. The maximum atomic E-state index is 14.0. The normalized spacial score (nSPS) is 26.9. The van der Waals surface area contributed by atoms with Crippen LogP contribution in [0.2, 0.25) is 0 Å². The Kier molecular flexibility index (Phi) is 4.72. The van der Waals surface area contributed by atoms with Gasteiger partial charge in [0, 0.05) is 37.7 Å². The van der Waals surface area contributed by atoms with E-state index in [1.807, 2.05) is 4.90 Å². The lowest BCUT2D eigenvalue weighted by atomic mass is 9.78. The van der Waals surface area contributed by atoms with E-state index in [4.69, 9.17) is 0 Å². The van der Waals surface area contributed by atoms with E-state index in [9.17, 15) is 14.0 Å². The van der Waals surface area contributed by atoms with Gasteiger partial charge in [-0.15, -0.1) is 0 Å². The van der Waals surface area contributed by atoms with Gasteiger partial charge in [-0.1, -0.05) is 31.0 Å². The summed E-state index contributed by atoms with van der Waals surface area (Å²) >= 11 is 0. The molecule has 26 heavy (non-hydrogen) atoms. The number of amides is 2. The van der Waals surface area contributed by atoms with Gasteiger partial charge >= 0.3 is 0 Å². The molecule has 2 amide bonds. The maximum absolute atomic E-state index is 14.0. The van der Waals surface area contributed by atoms with Crippen molar-refractivity contribution in [2.45, 2.75) is 51.5 Å². The molecule has 0 radical (unpaired) electrons. The van der Waals surface area contributed by atoms with Crippen molar-refractivity contribution in [1.82, 2.24) is 9.80 Å². The quantitative estimate of drug-likeness (QED) is 0.831. The van der Waals surface area contributed by atoms with Crippen LogP contribution in [0.1, 0.15) is 50.5 Å². The van der Waals surface area contributed by atoms with Crippen LogP contribution in [0.15, 0.2) is 24.3 Å². The standard InChI is InChI=1S/C21H27FN2O2/c22-18-9-4-3-8-17(18)14-23-12-5-10-21(20(23)26)11-13-24(15-21)19(25)16-6-1-2-7-16/h3-4,8-9,16H,1-2,5-7,10-15H2/t21-/m1/s1. The van der Waals surface area contributed by atoms with E-state index in [2.05, 4.69) is 0 Å². The Morgan fingerprint density at radius 3 is 2.65 bits per heavy atom. The molecule has 0 N–H and O–H groups in total. The summed E-state index contributed by atoms with van der Waals surface area (Å²) in [6.45, 7) is 2.23. The second-order valence-electron chi connectivity index (χ2n) is 8.19. The van der Waals surface area contributed by atoms with Crippen LogP contribution in [0.5, 0.6) is 0 Å². The summed E-state index contributed by atoms with van der Waals surface area (Å²) in [5, 5.41) is 0. The molecule has 2 aliphatic heterocycles. The molecular formula is C21H27FN2O2. The second-order valence-corrected chi connectivity index (χ2v) is 8.19. The Balaban J connectivity index is 1.46. The lowest BCUT2D eigenvalue weighted by molar-refractivity contribution is -0.147. The zero-order chi connectivity index (χ0) is 18.1. The maximum Gasteiger partial charge on any atom is 0.230 e. The Morgan fingerprint density at radius 1 is 1.12 bits per heavy atom. The number of hydrogen-bond donors (Lipinski definition) is 0. The molecule has 1 saturated carbocycles. The molecule has 4 rings (SSSR count). The largest absolute Gasteiger partial charge is 0.341 e. The molecule has 2 heterocycles. The first-order chi connectivity index (χ1) is 12.6. The van der Waals surface area contributed by atoms with Crippen LogP contribution in [0, 0.1) is 17.2 Å². The first kappa shape index (κ1) is 17.5. The molecular weight excluding hydrogens is 331 g/mol. The molecule has 0 aromatic heterocycles. The number of carbonyl (C=O) groups is 2. The molecule has 5 heteroatoms. The lowest BCUT2D eigenvalue weighted by Crippen LogP contribution is -2.50. The van der Waals surface area contributed by atoms with E-state index >= 15 is 0 Å². The van der Waals surface area contributed by atoms with E-state index < -0.39 is 5.41 Å². The molecule has 1 aromatic rings. The number of piperidine rings is 1. The minimum atomic E-state index is -0.447. The SMILES string of the molecule is O=C(C1CCCC1)N1CC[C@]2(CCCN(Cc3ccccc3F)C2=O)C1. The monoisotopic (exact) mass is 358 g/mol. The number of benzene rings is 1. The second kappa shape index (κ2) is 7.01. The van der Waals surface area contributed by atoms with Gasteiger partial charge in [0.15, 0.2) is 0 Å². The van der Waals surface area contributed by atoms with Crippen molar-refractivity contribution in [1.29, 1.82) is 0 Å². The van der Waals surface area contributed by atoms with E-state index in [0.717, 1.165) is 44.9 Å². The average molecular weight is 358 g/mol. The number of halogens is 1. The Bertz CT molecular complexity index is 701. The summed E-state index contributed by atoms with van der Waals surface area (Å²) in [6, 6.07) is 6.66. The molecule has 4 nitrogen and oxygen atoms in total. The molecule has 0 bridgehead atoms. The van der Waals surface area contributed by atoms with Crippen LogP contribution in [0.25, 0.3) is 0 Å². The number of nitrogens with zero attached hydrogens (tertiary/aromatic N) is 2. The molecule has 140 valence electrons. The van der Waals surface area contributed by atoms with E-state index in [0.29, 0.717) is 31.7 Å². The first-order valence-electron chi connectivity index (χ1n) is 9.91. The topological polar surface area (TPSA) is 40.6 Å². The van der Waals surface area contributed by atoms with Crippen molar-refractivity contribution < 1.29 is 14.0 Å². The van der Waals surface area contributed by atoms with Crippen LogP contribution >= 0.6 is 0 Å². The molecule has 1 aromatic carbocycles. The highest BCUT2D eigenvalue weighted by Crippen LogP contribution is 2.41. The number of hydrogen-bond acceptors (Lipinski definition) is 2. The summed E-state index contributed by atoms with van der Waals surface area (Å²) in [7, 11) is 0. The highest BCUT2D eigenvalue weighted by Gasteiger charge is 2.50. The molecule has 3 fully saturated rings. The summed E-state index contributed by atoms with van der Waals surface area (Å²) in [5.41, 5.74) is 0.118. The van der Waals surface area contributed by atoms with Crippen molar-refractivity contribution >= 4 is 11.8 Å². The van der Waals surface area contributed by atoms with Gasteiger partial charge in [0.25, 0.3) is 0 Å². The molecule has 2 saturated heterocycles. The zero-order valence-electron chi connectivity index (χ0n) is 15.3. The fourth-order valence-corrected chi connectivity index (χ4v) is 5.01. The lowest BCUT2D eigenvalue weighted by Gasteiger charge is -2.39. The molecule has 3 aliphatic rings. The minimum Gasteiger partial charge on any atom is -0.341 e. The third-order valence-electron chi connectivity index (χ3n) is 6.51. The summed E-state index contributed by atoms with van der Waals surface area (Å²) in [5.74, 6) is 0.259. The van der Waals surface area contributed by atoms with Crippen molar-refractivity contribution in [2.75, 3.05) is 19.6 Å². The molecule has 0 unspecified atom stereocenters. The summed E-state index contributed by atoms with van der Waals surface area (Å²) < 4.78 is 14.0. The molecule has 1 aliphatic carbocycles. The predicted molar refractivity (Wildman–Crippen MR) is 96.6 cm³/mol. The molecule has 1 atom stereocenters. The first-order valence-corrected chi connectivity index (χ1v) is 9.91. The van der Waals surface area contributed by atoms with Crippen LogP contribution in [-0.4, -0.2) is 41.2 Å². The average Bonchev–Trinajstić information content (AvgIpc) is 3.31. The fraction of sp³-hybridized carbons (Fsp3) is 0.619. The van der Waals surface area contributed by atoms with Gasteiger partial charge in [0.1, 0.15) is 5.82 Å².